The van der Waals surface area contributed by atoms with E-state index in [2.05, 4.69) is 9.88 Å². The molecule has 1 N–H and O–H groups in total. The van der Waals surface area contributed by atoms with Crippen LogP contribution in [0.2, 0.25) is 0 Å². The molecule has 0 saturated carbocycles. The van der Waals surface area contributed by atoms with E-state index < -0.39 is 0 Å². The van der Waals surface area contributed by atoms with Gasteiger partial charge in [-0.3, -0.25) is 4.40 Å². The van der Waals surface area contributed by atoms with E-state index in [0.717, 1.165) is 43.3 Å². The van der Waals surface area contributed by atoms with E-state index in [1.54, 1.807) is 7.11 Å². The SMILES string of the molecule is COCC1CCCN(c2nc3ccccn3c2CO)C1. The van der Waals surface area contributed by atoms with Crippen LogP contribution in [0, 0.1) is 5.92 Å². The maximum Gasteiger partial charge on any atom is 0.153 e. The van der Waals surface area contributed by atoms with Crippen LogP contribution in [0.3, 0.4) is 0 Å². The minimum absolute atomic E-state index is 0.00591. The van der Waals surface area contributed by atoms with Gasteiger partial charge in [-0.25, -0.2) is 4.98 Å². The van der Waals surface area contributed by atoms with E-state index in [1.807, 2.05) is 28.8 Å². The van der Waals surface area contributed by atoms with Gasteiger partial charge in [0.05, 0.1) is 18.9 Å². The number of aromatic nitrogens is 2. The summed E-state index contributed by atoms with van der Waals surface area (Å²) in [7, 11) is 1.75. The lowest BCUT2D eigenvalue weighted by Crippen LogP contribution is -2.37. The Labute approximate surface area is 118 Å². The van der Waals surface area contributed by atoms with E-state index in [0.29, 0.717) is 5.92 Å². The smallest absolute Gasteiger partial charge is 0.153 e. The van der Waals surface area contributed by atoms with Gasteiger partial charge >= 0.3 is 0 Å². The third kappa shape index (κ3) is 2.39. The summed E-state index contributed by atoms with van der Waals surface area (Å²) in [5.41, 5.74) is 1.76. The molecule has 1 fully saturated rings. The van der Waals surface area contributed by atoms with E-state index in [9.17, 15) is 5.11 Å². The lowest BCUT2D eigenvalue weighted by Gasteiger charge is -2.33. The maximum absolute atomic E-state index is 9.69. The van der Waals surface area contributed by atoms with Gasteiger partial charge in [-0.2, -0.15) is 0 Å². The predicted octanol–water partition coefficient (Wildman–Crippen LogP) is 1.69. The Kier molecular flexibility index (Phi) is 3.89. The first-order chi connectivity index (χ1) is 9.83. The van der Waals surface area contributed by atoms with Crippen LogP contribution < -0.4 is 4.90 Å². The number of nitrogens with zero attached hydrogens (tertiary/aromatic N) is 3. The highest BCUT2D eigenvalue weighted by Crippen LogP contribution is 2.27. The average molecular weight is 275 g/mol. The number of imidazole rings is 1. The number of anilines is 1. The molecule has 0 aliphatic carbocycles. The van der Waals surface area contributed by atoms with Crippen molar-refractivity contribution in [3.63, 3.8) is 0 Å². The molecule has 0 bridgehead atoms. The Morgan fingerprint density at radius 1 is 1.45 bits per heavy atom. The number of hydrogen-bond acceptors (Lipinski definition) is 4. The van der Waals surface area contributed by atoms with Gasteiger partial charge in [-0.05, 0) is 30.9 Å². The number of methoxy groups -OCH3 is 1. The third-order valence-corrected chi connectivity index (χ3v) is 3.98. The topological polar surface area (TPSA) is 50.0 Å². The lowest BCUT2D eigenvalue weighted by atomic mass is 9.99. The molecule has 0 amide bonds. The molecule has 1 aliphatic heterocycles. The van der Waals surface area contributed by atoms with Crippen molar-refractivity contribution in [3.05, 3.63) is 30.1 Å². The zero-order valence-corrected chi connectivity index (χ0v) is 11.8. The minimum Gasteiger partial charge on any atom is -0.390 e. The van der Waals surface area contributed by atoms with Crippen molar-refractivity contribution in [1.29, 1.82) is 0 Å². The van der Waals surface area contributed by atoms with E-state index in [1.165, 1.54) is 6.42 Å². The second-order valence-corrected chi connectivity index (χ2v) is 5.38. The van der Waals surface area contributed by atoms with Crippen molar-refractivity contribution in [1.82, 2.24) is 9.38 Å². The molecule has 1 saturated heterocycles. The molecule has 2 aromatic heterocycles. The molecule has 3 rings (SSSR count). The van der Waals surface area contributed by atoms with Gasteiger partial charge in [0.25, 0.3) is 0 Å². The molecule has 1 aliphatic rings. The summed E-state index contributed by atoms with van der Waals surface area (Å²) in [4.78, 5) is 6.97. The number of ether oxygens (including phenoxy) is 1. The molecule has 3 heterocycles. The van der Waals surface area contributed by atoms with Gasteiger partial charge in [0.2, 0.25) is 0 Å². The van der Waals surface area contributed by atoms with E-state index in [4.69, 9.17) is 4.74 Å². The molecule has 1 atom stereocenters. The Balaban J connectivity index is 1.92. The van der Waals surface area contributed by atoms with Crippen molar-refractivity contribution >= 4 is 11.5 Å². The first kappa shape index (κ1) is 13.4. The van der Waals surface area contributed by atoms with Gasteiger partial charge in [0.1, 0.15) is 5.65 Å². The molecule has 20 heavy (non-hydrogen) atoms. The highest BCUT2D eigenvalue weighted by Gasteiger charge is 2.24. The van der Waals surface area contributed by atoms with Crippen LogP contribution in [-0.4, -0.2) is 41.3 Å². The van der Waals surface area contributed by atoms with Gasteiger partial charge in [-0.15, -0.1) is 0 Å². The fourth-order valence-corrected chi connectivity index (χ4v) is 3.06. The Hall–Kier alpha value is -1.59. The van der Waals surface area contributed by atoms with Crippen LogP contribution in [-0.2, 0) is 11.3 Å². The highest BCUT2D eigenvalue weighted by molar-refractivity contribution is 5.56. The average Bonchev–Trinajstić information content (AvgIpc) is 2.86. The van der Waals surface area contributed by atoms with E-state index >= 15 is 0 Å². The molecule has 108 valence electrons. The van der Waals surface area contributed by atoms with Crippen molar-refractivity contribution in [3.8, 4) is 0 Å². The van der Waals surface area contributed by atoms with Crippen LogP contribution >= 0.6 is 0 Å². The van der Waals surface area contributed by atoms with Crippen molar-refractivity contribution in [2.75, 3.05) is 31.7 Å². The van der Waals surface area contributed by atoms with E-state index in [-0.39, 0.29) is 6.61 Å². The summed E-state index contributed by atoms with van der Waals surface area (Å²) >= 11 is 0. The fourth-order valence-electron chi connectivity index (χ4n) is 3.06. The van der Waals surface area contributed by atoms with Crippen molar-refractivity contribution in [2.45, 2.75) is 19.4 Å². The molecule has 0 aromatic carbocycles. The monoisotopic (exact) mass is 275 g/mol. The number of piperidine rings is 1. The summed E-state index contributed by atoms with van der Waals surface area (Å²) in [6.07, 6.45) is 4.30. The van der Waals surface area contributed by atoms with Crippen LogP contribution in [0.5, 0.6) is 0 Å². The lowest BCUT2D eigenvalue weighted by molar-refractivity contribution is 0.143. The Morgan fingerprint density at radius 2 is 2.35 bits per heavy atom. The molecular weight excluding hydrogens is 254 g/mol. The Bertz CT molecular complexity index is 580. The number of aliphatic hydroxyl groups excluding tert-OH is 1. The zero-order valence-electron chi connectivity index (χ0n) is 11.8. The summed E-state index contributed by atoms with van der Waals surface area (Å²) < 4.78 is 7.25. The molecule has 0 radical (unpaired) electrons. The standard InChI is InChI=1S/C15H21N3O2/c1-20-11-12-5-4-7-17(9-12)15-13(10-19)18-8-3-2-6-14(18)16-15/h2-3,6,8,12,19H,4-5,7,9-11H2,1H3. The van der Waals surface area contributed by atoms with Crippen molar-refractivity contribution in [2.24, 2.45) is 5.92 Å². The largest absolute Gasteiger partial charge is 0.390 e. The quantitative estimate of drug-likeness (QED) is 0.922. The van der Waals surface area contributed by atoms with Crippen LogP contribution in [0.15, 0.2) is 24.4 Å². The normalized spacial score (nSPS) is 19.7. The fraction of sp³-hybridized carbons (Fsp3) is 0.533. The first-order valence-corrected chi connectivity index (χ1v) is 7.14. The highest BCUT2D eigenvalue weighted by atomic mass is 16.5. The van der Waals surface area contributed by atoms with Gasteiger partial charge in [0.15, 0.2) is 5.82 Å². The second kappa shape index (κ2) is 5.81. The zero-order chi connectivity index (χ0) is 13.9. The summed E-state index contributed by atoms with van der Waals surface area (Å²) in [5.74, 6) is 1.46. The predicted molar refractivity (Wildman–Crippen MR) is 77.9 cm³/mol. The molecule has 5 heteroatoms. The molecular formula is C15H21N3O2. The maximum atomic E-state index is 9.69. The summed E-state index contributed by atoms with van der Waals surface area (Å²) in [6.45, 7) is 2.74. The molecule has 5 nitrogen and oxygen atoms in total. The Morgan fingerprint density at radius 3 is 3.15 bits per heavy atom. The van der Waals surface area contributed by atoms with Crippen molar-refractivity contribution < 1.29 is 9.84 Å². The number of hydrogen-bond donors (Lipinski definition) is 1. The molecule has 2 aromatic rings. The van der Waals surface area contributed by atoms with Crippen LogP contribution in [0.4, 0.5) is 5.82 Å². The van der Waals surface area contributed by atoms with Gasteiger partial charge in [-0.1, -0.05) is 6.07 Å². The first-order valence-electron chi connectivity index (χ1n) is 7.14. The minimum atomic E-state index is 0.00591. The second-order valence-electron chi connectivity index (χ2n) is 5.38. The summed E-state index contributed by atoms with van der Waals surface area (Å²) in [5, 5.41) is 9.69. The number of pyridine rings is 1. The molecule has 1 unspecified atom stereocenters. The van der Waals surface area contributed by atoms with Gasteiger partial charge in [0, 0.05) is 26.4 Å². The summed E-state index contributed by atoms with van der Waals surface area (Å²) in [6, 6.07) is 5.90. The van der Waals surface area contributed by atoms with Gasteiger partial charge < -0.3 is 14.7 Å². The molecule has 0 spiro atoms. The van der Waals surface area contributed by atoms with Crippen LogP contribution in [0.1, 0.15) is 18.5 Å². The third-order valence-electron chi connectivity index (χ3n) is 3.98. The number of fused-ring (bicyclic) bond motifs is 1. The number of aliphatic hydroxyl groups is 1. The van der Waals surface area contributed by atoms with Crippen LogP contribution in [0.25, 0.3) is 5.65 Å². The number of rotatable bonds is 4.